The predicted molar refractivity (Wildman–Crippen MR) is 113 cm³/mol. The molecule has 1 aromatic carbocycles. The third-order valence-corrected chi connectivity index (χ3v) is 5.70. The van der Waals surface area contributed by atoms with E-state index in [2.05, 4.69) is 16.0 Å². The van der Waals surface area contributed by atoms with Crippen LogP contribution < -0.4 is 5.56 Å². The van der Waals surface area contributed by atoms with Crippen molar-refractivity contribution >= 4 is 33.2 Å². The molecule has 148 valence electrons. The number of nitrogens with zero attached hydrogens (tertiary/aromatic N) is 3. The molecule has 3 heterocycles. The molecule has 0 aliphatic rings. The zero-order chi connectivity index (χ0) is 20.2. The molecule has 0 aliphatic carbocycles. The summed E-state index contributed by atoms with van der Waals surface area (Å²) in [7, 11) is 0. The van der Waals surface area contributed by atoms with Crippen molar-refractivity contribution in [2.24, 2.45) is 0 Å². The second-order valence-corrected chi connectivity index (χ2v) is 8.08. The van der Waals surface area contributed by atoms with E-state index < -0.39 is 0 Å². The van der Waals surface area contributed by atoms with Crippen molar-refractivity contribution in [3.05, 3.63) is 75.3 Å². The number of carbonyl (C=O) groups excluding carboxylic acids is 1. The highest BCUT2D eigenvalue weighted by molar-refractivity contribution is 7.18. The number of para-hydroxylation sites is 1. The van der Waals surface area contributed by atoms with Gasteiger partial charge < -0.3 is 4.74 Å². The molecule has 0 aliphatic heterocycles. The maximum absolute atomic E-state index is 12.2. The van der Waals surface area contributed by atoms with E-state index in [9.17, 15) is 9.59 Å². The largest absolute Gasteiger partial charge is 0.459 e. The number of thiazole rings is 1. The number of unbranched alkanes of at least 4 members (excludes halogenated alkanes) is 1. The minimum Gasteiger partial charge on any atom is -0.459 e. The van der Waals surface area contributed by atoms with Gasteiger partial charge in [0.05, 0.1) is 20.9 Å². The third kappa shape index (κ3) is 4.68. The maximum Gasteiger partial charge on any atom is 0.306 e. The number of aromatic nitrogens is 3. The van der Waals surface area contributed by atoms with Crippen LogP contribution in [-0.4, -0.2) is 20.3 Å². The van der Waals surface area contributed by atoms with Gasteiger partial charge in [0.25, 0.3) is 5.56 Å². The Morgan fingerprint density at radius 2 is 2.00 bits per heavy atom. The second kappa shape index (κ2) is 8.53. The standard InChI is InChI=1S/C22H21N3O3S/c1-15-10-11-19-23-16(12-21(26)25(19)13-15)14-28-22(27)9-5-4-8-20-24-17-6-2-3-7-18(17)29-20/h2-3,6-7,10-13H,4-5,8-9,14H2,1H3. The van der Waals surface area contributed by atoms with Gasteiger partial charge in [-0.1, -0.05) is 18.2 Å². The number of fused-ring (bicyclic) bond motifs is 2. The van der Waals surface area contributed by atoms with E-state index in [0.717, 1.165) is 35.4 Å². The summed E-state index contributed by atoms with van der Waals surface area (Å²) in [5, 5.41) is 1.09. The number of esters is 1. The van der Waals surface area contributed by atoms with Crippen molar-refractivity contribution < 1.29 is 9.53 Å². The fourth-order valence-electron chi connectivity index (χ4n) is 3.13. The van der Waals surface area contributed by atoms with Crippen LogP contribution in [0.15, 0.2) is 53.5 Å². The van der Waals surface area contributed by atoms with Crippen LogP contribution in [0.25, 0.3) is 15.9 Å². The molecular weight excluding hydrogens is 386 g/mol. The number of hydrogen-bond acceptors (Lipinski definition) is 6. The van der Waals surface area contributed by atoms with Gasteiger partial charge in [-0.05, 0) is 49.9 Å². The van der Waals surface area contributed by atoms with Crippen LogP contribution in [0, 0.1) is 6.92 Å². The molecule has 29 heavy (non-hydrogen) atoms. The number of pyridine rings is 1. The molecule has 6 nitrogen and oxygen atoms in total. The van der Waals surface area contributed by atoms with Gasteiger partial charge in [-0.15, -0.1) is 11.3 Å². The van der Waals surface area contributed by atoms with Crippen molar-refractivity contribution in [3.8, 4) is 0 Å². The van der Waals surface area contributed by atoms with Crippen LogP contribution in [-0.2, 0) is 22.6 Å². The molecule has 4 rings (SSSR count). The Kier molecular flexibility index (Phi) is 5.67. The summed E-state index contributed by atoms with van der Waals surface area (Å²) in [5.41, 5.74) is 2.83. The Hall–Kier alpha value is -3.06. The summed E-state index contributed by atoms with van der Waals surface area (Å²) in [5.74, 6) is -0.278. The summed E-state index contributed by atoms with van der Waals surface area (Å²) >= 11 is 1.70. The SMILES string of the molecule is Cc1ccc2nc(COC(=O)CCCCc3nc4ccccc4s3)cc(=O)n2c1. The van der Waals surface area contributed by atoms with Gasteiger partial charge in [0, 0.05) is 18.7 Å². The lowest BCUT2D eigenvalue weighted by molar-refractivity contribution is -0.145. The molecule has 7 heteroatoms. The number of aryl methyl sites for hydroxylation is 2. The van der Waals surface area contributed by atoms with Gasteiger partial charge >= 0.3 is 5.97 Å². The summed E-state index contributed by atoms with van der Waals surface area (Å²) in [4.78, 5) is 33.2. The Bertz CT molecular complexity index is 1200. The van der Waals surface area contributed by atoms with Crippen molar-refractivity contribution in [1.82, 2.24) is 14.4 Å². The first-order valence-corrected chi connectivity index (χ1v) is 10.4. The Balaban J connectivity index is 1.25. The van der Waals surface area contributed by atoms with Gasteiger partial charge in [0.2, 0.25) is 0 Å². The van der Waals surface area contributed by atoms with Gasteiger partial charge in [-0.2, -0.15) is 0 Å². The van der Waals surface area contributed by atoms with Crippen LogP contribution in [0.5, 0.6) is 0 Å². The number of hydrogen-bond donors (Lipinski definition) is 0. The molecule has 0 unspecified atom stereocenters. The average Bonchev–Trinajstić information content (AvgIpc) is 3.13. The molecule has 0 saturated carbocycles. The molecule has 3 aromatic heterocycles. The molecule has 0 atom stereocenters. The number of carbonyl (C=O) groups is 1. The van der Waals surface area contributed by atoms with E-state index in [-0.39, 0.29) is 18.1 Å². The first-order valence-electron chi connectivity index (χ1n) is 9.57. The van der Waals surface area contributed by atoms with E-state index >= 15 is 0 Å². The zero-order valence-corrected chi connectivity index (χ0v) is 16.9. The lowest BCUT2D eigenvalue weighted by Gasteiger charge is -2.06. The predicted octanol–water partition coefficient (Wildman–Crippen LogP) is 4.07. The molecule has 0 fully saturated rings. The Labute approximate surface area is 171 Å². The van der Waals surface area contributed by atoms with Gasteiger partial charge in [-0.25, -0.2) is 9.97 Å². The second-order valence-electron chi connectivity index (χ2n) is 6.96. The molecule has 4 aromatic rings. The van der Waals surface area contributed by atoms with Crippen LogP contribution >= 0.6 is 11.3 Å². The highest BCUT2D eigenvalue weighted by Gasteiger charge is 2.08. The highest BCUT2D eigenvalue weighted by atomic mass is 32.1. The van der Waals surface area contributed by atoms with Crippen molar-refractivity contribution in [2.75, 3.05) is 0 Å². The van der Waals surface area contributed by atoms with Crippen molar-refractivity contribution in [3.63, 3.8) is 0 Å². The maximum atomic E-state index is 12.2. The zero-order valence-electron chi connectivity index (χ0n) is 16.1. The normalized spacial score (nSPS) is 11.2. The Morgan fingerprint density at radius 3 is 2.86 bits per heavy atom. The van der Waals surface area contributed by atoms with Crippen LogP contribution in [0.3, 0.4) is 0 Å². The lowest BCUT2D eigenvalue weighted by Crippen LogP contribution is -2.16. The van der Waals surface area contributed by atoms with Gasteiger partial charge in [-0.3, -0.25) is 14.0 Å². The average molecular weight is 407 g/mol. The van der Waals surface area contributed by atoms with Gasteiger partial charge in [0.15, 0.2) is 0 Å². The van der Waals surface area contributed by atoms with Crippen LogP contribution in [0.1, 0.15) is 35.5 Å². The monoisotopic (exact) mass is 407 g/mol. The Morgan fingerprint density at radius 1 is 1.14 bits per heavy atom. The number of rotatable bonds is 7. The molecule has 0 bridgehead atoms. The van der Waals surface area contributed by atoms with E-state index in [1.54, 1.807) is 23.6 Å². The smallest absolute Gasteiger partial charge is 0.306 e. The molecular formula is C22H21N3O3S. The number of benzene rings is 1. The summed E-state index contributed by atoms with van der Waals surface area (Å²) in [6, 6.07) is 13.2. The molecule has 0 radical (unpaired) electrons. The summed E-state index contributed by atoms with van der Waals surface area (Å²) in [6.07, 6.45) is 4.56. The topological polar surface area (TPSA) is 73.6 Å². The fraction of sp³-hybridized carbons (Fsp3) is 0.273. The minimum atomic E-state index is -0.278. The fourth-order valence-corrected chi connectivity index (χ4v) is 4.14. The van der Waals surface area contributed by atoms with Gasteiger partial charge in [0.1, 0.15) is 12.3 Å². The lowest BCUT2D eigenvalue weighted by atomic mass is 10.2. The van der Waals surface area contributed by atoms with E-state index in [1.807, 2.05) is 31.2 Å². The van der Waals surface area contributed by atoms with Crippen molar-refractivity contribution in [1.29, 1.82) is 0 Å². The first-order chi connectivity index (χ1) is 14.1. The molecule has 0 N–H and O–H groups in total. The summed E-state index contributed by atoms with van der Waals surface area (Å²) in [6.45, 7) is 1.93. The molecule has 0 spiro atoms. The van der Waals surface area contributed by atoms with Crippen LogP contribution in [0.2, 0.25) is 0 Å². The quantitative estimate of drug-likeness (QED) is 0.341. The van der Waals surface area contributed by atoms with E-state index in [4.69, 9.17) is 4.74 Å². The van der Waals surface area contributed by atoms with E-state index in [0.29, 0.717) is 17.8 Å². The molecule has 0 amide bonds. The highest BCUT2D eigenvalue weighted by Crippen LogP contribution is 2.22. The first kappa shape index (κ1) is 19.3. The summed E-state index contributed by atoms with van der Waals surface area (Å²) < 4.78 is 7.97. The third-order valence-electron chi connectivity index (χ3n) is 4.60. The van der Waals surface area contributed by atoms with Crippen LogP contribution in [0.4, 0.5) is 0 Å². The molecule has 0 saturated heterocycles. The minimum absolute atomic E-state index is 0.0102. The number of ether oxygens (including phenoxy) is 1. The van der Waals surface area contributed by atoms with Crippen molar-refractivity contribution in [2.45, 2.75) is 39.2 Å². The van der Waals surface area contributed by atoms with E-state index in [1.165, 1.54) is 15.2 Å².